The molecule has 0 spiro atoms. The molecule has 134 valence electrons. The number of halogens is 1. The summed E-state index contributed by atoms with van der Waals surface area (Å²) in [6, 6.07) is 3.48. The molecule has 0 aliphatic heterocycles. The summed E-state index contributed by atoms with van der Waals surface area (Å²) in [6.45, 7) is 0.933. The average Bonchev–Trinajstić information content (AvgIpc) is 2.63. The first-order valence-electron chi connectivity index (χ1n) is 7.40. The van der Waals surface area contributed by atoms with Gasteiger partial charge in [-0.05, 0) is 12.1 Å². The van der Waals surface area contributed by atoms with E-state index in [1.165, 1.54) is 12.4 Å². The molecule has 0 amide bonds. The molecule has 0 fully saturated rings. The van der Waals surface area contributed by atoms with Crippen molar-refractivity contribution in [3.05, 3.63) is 41.4 Å². The summed E-state index contributed by atoms with van der Waals surface area (Å²) in [5, 5.41) is 3.17. The summed E-state index contributed by atoms with van der Waals surface area (Å²) in [7, 11) is 3.30. The standard InChI is InChI=1S/C16H20ClN5O3/c1-20-15-14(17)13(9-22-16(15)19)25-12(7-18)11-4-3-10(8-21-11)24-6-5-23-2/h3-4,7-9,20H,5-6,18H2,1-2H3,(H2,19,22). The summed E-state index contributed by atoms with van der Waals surface area (Å²) < 4.78 is 16.1. The van der Waals surface area contributed by atoms with Crippen LogP contribution in [0, 0.1) is 0 Å². The van der Waals surface area contributed by atoms with Crippen molar-refractivity contribution in [2.45, 2.75) is 0 Å². The molecule has 0 radical (unpaired) electrons. The van der Waals surface area contributed by atoms with E-state index in [9.17, 15) is 0 Å². The highest BCUT2D eigenvalue weighted by atomic mass is 35.5. The van der Waals surface area contributed by atoms with Gasteiger partial charge in [0, 0.05) is 20.4 Å². The number of anilines is 2. The fourth-order valence-electron chi connectivity index (χ4n) is 1.94. The normalized spacial score (nSPS) is 11.2. The van der Waals surface area contributed by atoms with Crippen LogP contribution in [0.15, 0.2) is 30.7 Å². The van der Waals surface area contributed by atoms with Crippen molar-refractivity contribution in [3.8, 4) is 11.5 Å². The fraction of sp³-hybridized carbons (Fsp3) is 0.250. The molecule has 0 saturated heterocycles. The van der Waals surface area contributed by atoms with Gasteiger partial charge in [0.1, 0.15) is 28.9 Å². The predicted molar refractivity (Wildman–Crippen MR) is 97.6 cm³/mol. The summed E-state index contributed by atoms with van der Waals surface area (Å²) in [5.41, 5.74) is 12.4. The third kappa shape index (κ3) is 4.65. The minimum Gasteiger partial charge on any atom is -0.490 e. The van der Waals surface area contributed by atoms with E-state index in [1.54, 1.807) is 32.5 Å². The van der Waals surface area contributed by atoms with E-state index < -0.39 is 0 Å². The average molecular weight is 366 g/mol. The molecule has 2 aromatic heterocycles. The predicted octanol–water partition coefficient (Wildman–Crippen LogP) is 2.12. The molecule has 0 atom stereocenters. The first kappa shape index (κ1) is 18.6. The van der Waals surface area contributed by atoms with Crippen LogP contribution in [0.2, 0.25) is 5.02 Å². The highest BCUT2D eigenvalue weighted by molar-refractivity contribution is 6.35. The first-order chi connectivity index (χ1) is 12.1. The van der Waals surface area contributed by atoms with Crippen LogP contribution in [0.5, 0.6) is 11.5 Å². The van der Waals surface area contributed by atoms with Crippen molar-refractivity contribution < 1.29 is 14.2 Å². The number of hydrogen-bond acceptors (Lipinski definition) is 8. The Balaban J connectivity index is 2.16. The highest BCUT2D eigenvalue weighted by Crippen LogP contribution is 2.36. The molecule has 25 heavy (non-hydrogen) atoms. The molecule has 5 N–H and O–H groups in total. The Morgan fingerprint density at radius 3 is 2.68 bits per heavy atom. The number of nitrogens with zero attached hydrogens (tertiary/aromatic N) is 2. The number of nitrogens with one attached hydrogen (secondary N) is 1. The Labute approximate surface area is 150 Å². The van der Waals surface area contributed by atoms with Gasteiger partial charge < -0.3 is 31.0 Å². The van der Waals surface area contributed by atoms with E-state index in [-0.39, 0.29) is 5.82 Å². The molecule has 0 unspecified atom stereocenters. The zero-order valence-electron chi connectivity index (χ0n) is 14.0. The monoisotopic (exact) mass is 365 g/mol. The summed E-state index contributed by atoms with van der Waals surface area (Å²) in [5.74, 6) is 1.51. The second-order valence-electron chi connectivity index (χ2n) is 4.80. The lowest BCUT2D eigenvalue weighted by atomic mass is 10.3. The topological polar surface area (TPSA) is 118 Å². The van der Waals surface area contributed by atoms with E-state index in [0.717, 1.165) is 0 Å². The van der Waals surface area contributed by atoms with Crippen molar-refractivity contribution >= 4 is 28.9 Å². The third-order valence-corrected chi connectivity index (χ3v) is 3.55. The number of pyridine rings is 2. The summed E-state index contributed by atoms with van der Waals surface area (Å²) in [4.78, 5) is 8.30. The Kier molecular flexibility index (Phi) is 6.67. The van der Waals surface area contributed by atoms with Crippen LogP contribution >= 0.6 is 11.6 Å². The number of ether oxygens (including phenoxy) is 3. The minimum atomic E-state index is 0.272. The smallest absolute Gasteiger partial charge is 0.168 e. The van der Waals surface area contributed by atoms with Crippen LogP contribution in [0.4, 0.5) is 11.5 Å². The molecule has 0 aliphatic carbocycles. The Morgan fingerprint density at radius 1 is 1.28 bits per heavy atom. The van der Waals surface area contributed by atoms with Gasteiger partial charge in [-0.15, -0.1) is 0 Å². The van der Waals surface area contributed by atoms with E-state index in [2.05, 4.69) is 15.3 Å². The van der Waals surface area contributed by atoms with Crippen LogP contribution in [0.3, 0.4) is 0 Å². The summed E-state index contributed by atoms with van der Waals surface area (Å²) >= 11 is 6.27. The third-order valence-electron chi connectivity index (χ3n) is 3.18. The van der Waals surface area contributed by atoms with E-state index in [0.29, 0.717) is 46.9 Å². The molecule has 0 bridgehead atoms. The maximum Gasteiger partial charge on any atom is 0.168 e. The molecule has 2 rings (SSSR count). The van der Waals surface area contributed by atoms with Crippen LogP contribution in [-0.2, 0) is 4.74 Å². The van der Waals surface area contributed by atoms with Crippen LogP contribution < -0.4 is 26.3 Å². The second kappa shape index (κ2) is 8.95. The van der Waals surface area contributed by atoms with Crippen molar-refractivity contribution in [2.75, 3.05) is 38.4 Å². The number of methoxy groups -OCH3 is 1. The van der Waals surface area contributed by atoms with Gasteiger partial charge in [0.2, 0.25) is 0 Å². The van der Waals surface area contributed by atoms with Crippen LogP contribution in [-0.4, -0.2) is 37.3 Å². The van der Waals surface area contributed by atoms with Gasteiger partial charge >= 0.3 is 0 Å². The van der Waals surface area contributed by atoms with Crippen LogP contribution in [0.25, 0.3) is 5.76 Å². The van der Waals surface area contributed by atoms with Gasteiger partial charge in [0.25, 0.3) is 0 Å². The number of nitrogen functional groups attached to an aromatic ring is 1. The zero-order valence-corrected chi connectivity index (χ0v) is 14.7. The highest BCUT2D eigenvalue weighted by Gasteiger charge is 2.14. The molecule has 2 heterocycles. The van der Waals surface area contributed by atoms with Crippen molar-refractivity contribution in [1.82, 2.24) is 9.97 Å². The van der Waals surface area contributed by atoms with E-state index >= 15 is 0 Å². The molecule has 9 heteroatoms. The maximum atomic E-state index is 6.27. The molecule has 0 saturated carbocycles. The summed E-state index contributed by atoms with van der Waals surface area (Å²) in [6.07, 6.45) is 4.28. The van der Waals surface area contributed by atoms with E-state index in [1.807, 2.05) is 0 Å². The van der Waals surface area contributed by atoms with Crippen molar-refractivity contribution in [2.24, 2.45) is 5.73 Å². The number of hydrogen-bond donors (Lipinski definition) is 3. The number of rotatable bonds is 8. The largest absolute Gasteiger partial charge is 0.490 e. The van der Waals surface area contributed by atoms with Gasteiger partial charge in [-0.25, -0.2) is 9.97 Å². The molecule has 8 nitrogen and oxygen atoms in total. The molecule has 0 aromatic carbocycles. The van der Waals surface area contributed by atoms with Crippen LogP contribution in [0.1, 0.15) is 5.69 Å². The van der Waals surface area contributed by atoms with Gasteiger partial charge in [-0.1, -0.05) is 11.6 Å². The second-order valence-corrected chi connectivity index (χ2v) is 5.18. The number of nitrogens with two attached hydrogens (primary N) is 2. The Hall–Kier alpha value is -2.71. The lowest BCUT2D eigenvalue weighted by Crippen LogP contribution is -2.06. The van der Waals surface area contributed by atoms with Crippen molar-refractivity contribution in [1.29, 1.82) is 0 Å². The zero-order chi connectivity index (χ0) is 18.2. The van der Waals surface area contributed by atoms with Gasteiger partial charge in [-0.2, -0.15) is 0 Å². The first-order valence-corrected chi connectivity index (χ1v) is 7.78. The van der Waals surface area contributed by atoms with Gasteiger partial charge in [0.05, 0.1) is 24.7 Å². The van der Waals surface area contributed by atoms with Gasteiger partial charge in [0.15, 0.2) is 11.5 Å². The van der Waals surface area contributed by atoms with Gasteiger partial charge in [-0.3, -0.25) is 0 Å². The quantitative estimate of drug-likeness (QED) is 0.481. The van der Waals surface area contributed by atoms with Crippen molar-refractivity contribution in [3.63, 3.8) is 0 Å². The minimum absolute atomic E-state index is 0.272. The lowest BCUT2D eigenvalue weighted by Gasteiger charge is -2.14. The Bertz CT molecular complexity index is 737. The molecule has 2 aromatic rings. The maximum absolute atomic E-state index is 6.27. The fourth-order valence-corrected chi connectivity index (χ4v) is 2.22. The number of aromatic nitrogens is 2. The SMILES string of the molecule is CNc1c(N)ncc(OC(=CN)c2ccc(OCCOC)cn2)c1Cl. The molecule has 0 aliphatic rings. The molecular formula is C16H20ClN5O3. The lowest BCUT2D eigenvalue weighted by molar-refractivity contribution is 0.146. The Morgan fingerprint density at radius 2 is 2.08 bits per heavy atom. The van der Waals surface area contributed by atoms with E-state index in [4.69, 9.17) is 37.3 Å². The molecular weight excluding hydrogens is 346 g/mol.